The molecule has 4 atom stereocenters. The molecule has 0 saturated heterocycles. The zero-order valence-corrected chi connectivity index (χ0v) is 10.9. The van der Waals surface area contributed by atoms with Gasteiger partial charge in [0.1, 0.15) is 0 Å². The first-order chi connectivity index (χ1) is 8.31. The maximum absolute atomic E-state index is 10.2. The summed E-state index contributed by atoms with van der Waals surface area (Å²) in [5.74, 6) is 5.13. The summed E-state index contributed by atoms with van der Waals surface area (Å²) in [6.45, 7) is 0. The van der Waals surface area contributed by atoms with E-state index < -0.39 is 0 Å². The average molecular weight is 234 g/mol. The van der Waals surface area contributed by atoms with Crippen molar-refractivity contribution in [3.63, 3.8) is 0 Å². The molecular formula is C16H26O. The highest BCUT2D eigenvalue weighted by Gasteiger charge is 2.34. The van der Waals surface area contributed by atoms with Crippen LogP contribution in [0.5, 0.6) is 0 Å². The van der Waals surface area contributed by atoms with Gasteiger partial charge in [0.25, 0.3) is 0 Å². The SMILES string of the molecule is C#CCCCC(O)C1CCC2CCCCC2C1. The predicted octanol–water partition coefficient (Wildman–Crippen LogP) is 3.76. The molecule has 2 rings (SSSR count). The number of hydrogen-bond acceptors (Lipinski definition) is 1. The van der Waals surface area contributed by atoms with Gasteiger partial charge in [-0.15, -0.1) is 12.3 Å². The van der Waals surface area contributed by atoms with E-state index in [9.17, 15) is 5.11 Å². The Kier molecular flexibility index (Phi) is 4.92. The molecule has 0 spiro atoms. The second-order valence-electron chi connectivity index (χ2n) is 6.04. The second-order valence-corrected chi connectivity index (χ2v) is 6.04. The molecule has 0 aliphatic heterocycles. The first-order valence-electron chi connectivity index (χ1n) is 7.42. The zero-order chi connectivity index (χ0) is 12.1. The average Bonchev–Trinajstić information content (AvgIpc) is 2.38. The van der Waals surface area contributed by atoms with E-state index in [1.165, 1.54) is 44.9 Å². The van der Waals surface area contributed by atoms with Crippen molar-refractivity contribution in [2.24, 2.45) is 17.8 Å². The number of rotatable bonds is 4. The van der Waals surface area contributed by atoms with Gasteiger partial charge in [-0.05, 0) is 49.9 Å². The van der Waals surface area contributed by atoms with Crippen molar-refractivity contribution in [2.75, 3.05) is 0 Å². The molecule has 0 amide bonds. The Morgan fingerprint density at radius 3 is 2.65 bits per heavy atom. The van der Waals surface area contributed by atoms with Crippen LogP contribution in [0.3, 0.4) is 0 Å². The fourth-order valence-electron chi connectivity index (χ4n) is 3.91. The summed E-state index contributed by atoms with van der Waals surface area (Å²) in [5.41, 5.74) is 0. The van der Waals surface area contributed by atoms with Gasteiger partial charge in [-0.25, -0.2) is 0 Å². The molecule has 0 radical (unpaired) electrons. The number of terminal acetylenes is 1. The van der Waals surface area contributed by atoms with Crippen LogP contribution in [-0.2, 0) is 0 Å². The third kappa shape index (κ3) is 3.49. The standard InChI is InChI=1S/C16H26O/c1-2-3-4-9-16(17)15-11-10-13-7-5-6-8-14(13)12-15/h1,13-17H,3-12H2. The van der Waals surface area contributed by atoms with Crippen LogP contribution in [0.2, 0.25) is 0 Å². The molecule has 2 aliphatic carbocycles. The van der Waals surface area contributed by atoms with Crippen LogP contribution in [0.4, 0.5) is 0 Å². The van der Waals surface area contributed by atoms with Crippen molar-refractivity contribution in [2.45, 2.75) is 70.3 Å². The number of fused-ring (bicyclic) bond motifs is 1. The lowest BCUT2D eigenvalue weighted by atomic mass is 9.66. The van der Waals surface area contributed by atoms with Gasteiger partial charge in [0.05, 0.1) is 6.10 Å². The molecule has 0 aromatic carbocycles. The largest absolute Gasteiger partial charge is 0.393 e. The smallest absolute Gasteiger partial charge is 0.0568 e. The third-order valence-corrected chi connectivity index (χ3v) is 4.95. The van der Waals surface area contributed by atoms with Crippen LogP contribution < -0.4 is 0 Å². The molecule has 0 aromatic rings. The maximum Gasteiger partial charge on any atom is 0.0568 e. The molecule has 96 valence electrons. The van der Waals surface area contributed by atoms with E-state index in [1.807, 2.05) is 0 Å². The molecule has 1 heteroatoms. The minimum atomic E-state index is -0.0915. The summed E-state index contributed by atoms with van der Waals surface area (Å²) in [7, 11) is 0. The fraction of sp³-hybridized carbons (Fsp3) is 0.875. The van der Waals surface area contributed by atoms with Crippen molar-refractivity contribution in [3.8, 4) is 12.3 Å². The first kappa shape index (κ1) is 13.0. The predicted molar refractivity (Wildman–Crippen MR) is 71.5 cm³/mol. The number of unbranched alkanes of at least 4 members (excludes halogenated alkanes) is 1. The van der Waals surface area contributed by atoms with Gasteiger partial charge in [0.2, 0.25) is 0 Å². The number of aliphatic hydroxyl groups is 1. The van der Waals surface area contributed by atoms with E-state index >= 15 is 0 Å². The Balaban J connectivity index is 1.76. The van der Waals surface area contributed by atoms with Gasteiger partial charge in [-0.3, -0.25) is 0 Å². The van der Waals surface area contributed by atoms with Gasteiger partial charge < -0.3 is 5.11 Å². The van der Waals surface area contributed by atoms with Crippen LogP contribution in [0.15, 0.2) is 0 Å². The van der Waals surface area contributed by atoms with E-state index in [0.29, 0.717) is 5.92 Å². The monoisotopic (exact) mass is 234 g/mol. The van der Waals surface area contributed by atoms with Gasteiger partial charge in [0.15, 0.2) is 0 Å². The molecular weight excluding hydrogens is 208 g/mol. The highest BCUT2D eigenvalue weighted by molar-refractivity contribution is 4.87. The molecule has 1 N–H and O–H groups in total. The summed E-state index contributed by atoms with van der Waals surface area (Å²) < 4.78 is 0. The van der Waals surface area contributed by atoms with Gasteiger partial charge in [0, 0.05) is 6.42 Å². The Morgan fingerprint density at radius 2 is 1.88 bits per heavy atom. The topological polar surface area (TPSA) is 20.2 Å². The number of hydrogen-bond donors (Lipinski definition) is 1. The van der Waals surface area contributed by atoms with Crippen LogP contribution in [-0.4, -0.2) is 11.2 Å². The third-order valence-electron chi connectivity index (χ3n) is 4.95. The van der Waals surface area contributed by atoms with Crippen molar-refractivity contribution in [1.29, 1.82) is 0 Å². The Labute approximate surface area is 106 Å². The normalized spacial score (nSPS) is 34.7. The molecule has 2 saturated carbocycles. The van der Waals surface area contributed by atoms with Crippen molar-refractivity contribution >= 4 is 0 Å². The van der Waals surface area contributed by atoms with Crippen LogP contribution in [0, 0.1) is 30.1 Å². The van der Waals surface area contributed by atoms with Gasteiger partial charge >= 0.3 is 0 Å². The lowest BCUT2D eigenvalue weighted by molar-refractivity contribution is 0.0304. The maximum atomic E-state index is 10.2. The Morgan fingerprint density at radius 1 is 1.12 bits per heavy atom. The van der Waals surface area contributed by atoms with E-state index in [4.69, 9.17) is 6.42 Å². The molecule has 1 nitrogen and oxygen atoms in total. The van der Waals surface area contributed by atoms with Crippen LogP contribution >= 0.6 is 0 Å². The molecule has 2 aliphatic rings. The molecule has 0 aromatic heterocycles. The highest BCUT2D eigenvalue weighted by Crippen LogP contribution is 2.43. The summed E-state index contributed by atoms with van der Waals surface area (Å²) in [5, 5.41) is 10.2. The van der Waals surface area contributed by atoms with Gasteiger partial charge in [-0.2, -0.15) is 0 Å². The molecule has 2 fully saturated rings. The van der Waals surface area contributed by atoms with Crippen molar-refractivity contribution in [1.82, 2.24) is 0 Å². The summed E-state index contributed by atoms with van der Waals surface area (Å²) in [6, 6.07) is 0. The fourth-order valence-corrected chi connectivity index (χ4v) is 3.91. The van der Waals surface area contributed by atoms with E-state index in [0.717, 1.165) is 31.1 Å². The minimum Gasteiger partial charge on any atom is -0.393 e. The zero-order valence-electron chi connectivity index (χ0n) is 10.9. The van der Waals surface area contributed by atoms with Crippen molar-refractivity contribution < 1.29 is 5.11 Å². The van der Waals surface area contributed by atoms with Crippen LogP contribution in [0.25, 0.3) is 0 Å². The number of aliphatic hydroxyl groups excluding tert-OH is 1. The quantitative estimate of drug-likeness (QED) is 0.580. The lowest BCUT2D eigenvalue weighted by Gasteiger charge is -2.40. The molecule has 0 bridgehead atoms. The lowest BCUT2D eigenvalue weighted by Crippen LogP contribution is -2.33. The molecule has 4 unspecified atom stereocenters. The van der Waals surface area contributed by atoms with E-state index in [-0.39, 0.29) is 6.10 Å². The minimum absolute atomic E-state index is 0.0915. The summed E-state index contributed by atoms with van der Waals surface area (Å²) in [6.07, 6.45) is 17.5. The molecule has 17 heavy (non-hydrogen) atoms. The highest BCUT2D eigenvalue weighted by atomic mass is 16.3. The molecule has 0 heterocycles. The van der Waals surface area contributed by atoms with Crippen LogP contribution in [0.1, 0.15) is 64.2 Å². The summed E-state index contributed by atoms with van der Waals surface area (Å²) in [4.78, 5) is 0. The Bertz CT molecular complexity index is 265. The second kappa shape index (κ2) is 6.45. The van der Waals surface area contributed by atoms with E-state index in [1.54, 1.807) is 0 Å². The summed E-state index contributed by atoms with van der Waals surface area (Å²) >= 11 is 0. The van der Waals surface area contributed by atoms with Gasteiger partial charge in [-0.1, -0.05) is 25.7 Å². The van der Waals surface area contributed by atoms with Crippen molar-refractivity contribution in [3.05, 3.63) is 0 Å². The first-order valence-corrected chi connectivity index (χ1v) is 7.42. The Hall–Kier alpha value is -0.480. The van der Waals surface area contributed by atoms with E-state index in [2.05, 4.69) is 5.92 Å².